The van der Waals surface area contributed by atoms with Crippen molar-refractivity contribution in [1.29, 1.82) is 0 Å². The van der Waals surface area contributed by atoms with Crippen LogP contribution in [0.3, 0.4) is 0 Å². The largest absolute Gasteiger partial charge is 0.327 e. The van der Waals surface area contributed by atoms with Crippen LogP contribution in [0.15, 0.2) is 18.2 Å². The number of hydrogen-bond acceptors (Lipinski definition) is 2. The van der Waals surface area contributed by atoms with Gasteiger partial charge in [-0.25, -0.2) is 0 Å². The van der Waals surface area contributed by atoms with Crippen molar-refractivity contribution in [3.8, 4) is 0 Å². The fourth-order valence-electron chi connectivity index (χ4n) is 1.91. The van der Waals surface area contributed by atoms with Crippen LogP contribution in [0.5, 0.6) is 0 Å². The minimum atomic E-state index is 0.0658. The third kappa shape index (κ3) is 2.72. The molecule has 0 aliphatic carbocycles. The van der Waals surface area contributed by atoms with Crippen LogP contribution in [0, 0.1) is 0 Å². The summed E-state index contributed by atoms with van der Waals surface area (Å²) in [5.41, 5.74) is 1.04. The van der Waals surface area contributed by atoms with Gasteiger partial charge in [0.2, 0.25) is 5.91 Å². The quantitative estimate of drug-likeness (QED) is 0.821. The summed E-state index contributed by atoms with van der Waals surface area (Å²) in [6.07, 6.45) is 0.621. The smallest absolute Gasteiger partial charge is 0.224 e. The molecule has 2 nitrogen and oxygen atoms in total. The molecule has 0 aromatic heterocycles. The van der Waals surface area contributed by atoms with E-state index in [1.807, 2.05) is 24.0 Å². The maximum atomic E-state index is 11.8. The molecule has 1 atom stereocenters. The second-order valence-corrected chi connectivity index (χ2v) is 5.83. The molecule has 17 heavy (non-hydrogen) atoms. The highest BCUT2D eigenvalue weighted by atomic mass is 35.5. The lowest BCUT2D eigenvalue weighted by molar-refractivity contribution is -0.131. The molecule has 1 heterocycles. The molecule has 0 spiro atoms. The highest BCUT2D eigenvalue weighted by Crippen LogP contribution is 2.38. The van der Waals surface area contributed by atoms with Gasteiger partial charge in [-0.15, -0.1) is 11.8 Å². The van der Waals surface area contributed by atoms with Gasteiger partial charge in [0.15, 0.2) is 0 Å². The summed E-state index contributed by atoms with van der Waals surface area (Å²) in [5.74, 6) is 1.07. The van der Waals surface area contributed by atoms with E-state index in [2.05, 4.69) is 0 Å². The topological polar surface area (TPSA) is 20.3 Å². The van der Waals surface area contributed by atoms with E-state index in [1.165, 1.54) is 0 Å². The van der Waals surface area contributed by atoms with Gasteiger partial charge in [-0.2, -0.15) is 0 Å². The molecular weight excluding hydrogens is 277 g/mol. The second kappa shape index (κ2) is 5.51. The summed E-state index contributed by atoms with van der Waals surface area (Å²) in [4.78, 5) is 13.7. The molecule has 1 aliphatic rings. The first kappa shape index (κ1) is 13.1. The summed E-state index contributed by atoms with van der Waals surface area (Å²) in [7, 11) is 0. The normalized spacial score (nSPS) is 20.8. The molecule has 2 rings (SSSR count). The number of carbonyl (C=O) groups is 1. The Morgan fingerprint density at radius 2 is 2.18 bits per heavy atom. The number of benzene rings is 1. The van der Waals surface area contributed by atoms with E-state index in [4.69, 9.17) is 23.2 Å². The van der Waals surface area contributed by atoms with Crippen molar-refractivity contribution in [3.63, 3.8) is 0 Å². The minimum absolute atomic E-state index is 0.0658. The zero-order chi connectivity index (χ0) is 12.4. The van der Waals surface area contributed by atoms with E-state index in [0.29, 0.717) is 16.5 Å². The molecule has 1 aromatic carbocycles. The Labute approximate surface area is 115 Å². The van der Waals surface area contributed by atoms with E-state index in [9.17, 15) is 4.79 Å². The number of nitrogens with zero attached hydrogens (tertiary/aromatic N) is 1. The molecule has 92 valence electrons. The summed E-state index contributed by atoms with van der Waals surface area (Å²) < 4.78 is 0. The van der Waals surface area contributed by atoms with Gasteiger partial charge in [0.25, 0.3) is 0 Å². The van der Waals surface area contributed by atoms with Crippen LogP contribution in [0.25, 0.3) is 0 Å². The number of rotatable bonds is 2. The molecule has 1 amide bonds. The maximum absolute atomic E-state index is 11.8. The highest BCUT2D eigenvalue weighted by molar-refractivity contribution is 7.99. The molecule has 1 unspecified atom stereocenters. The van der Waals surface area contributed by atoms with Crippen LogP contribution in [-0.2, 0) is 4.79 Å². The predicted molar refractivity (Wildman–Crippen MR) is 73.7 cm³/mol. The lowest BCUT2D eigenvalue weighted by Gasteiger charge is -2.34. The Hall–Kier alpha value is -0.380. The van der Waals surface area contributed by atoms with Crippen LogP contribution in [0.2, 0.25) is 10.0 Å². The van der Waals surface area contributed by atoms with Crippen molar-refractivity contribution in [3.05, 3.63) is 33.8 Å². The third-order valence-corrected chi connectivity index (χ3v) is 4.79. The zero-order valence-corrected chi connectivity index (χ0v) is 11.8. The van der Waals surface area contributed by atoms with Crippen molar-refractivity contribution in [2.45, 2.75) is 18.7 Å². The van der Waals surface area contributed by atoms with Crippen LogP contribution >= 0.6 is 35.0 Å². The van der Waals surface area contributed by atoms with E-state index >= 15 is 0 Å². The molecule has 1 aliphatic heterocycles. The number of amides is 1. The first-order valence-electron chi connectivity index (χ1n) is 5.49. The Morgan fingerprint density at radius 3 is 2.82 bits per heavy atom. The van der Waals surface area contributed by atoms with Gasteiger partial charge < -0.3 is 4.90 Å². The Bertz CT molecular complexity index is 439. The average Bonchev–Trinajstić information content (AvgIpc) is 2.32. The molecule has 0 radical (unpaired) electrons. The fraction of sp³-hybridized carbons (Fsp3) is 0.417. The van der Waals surface area contributed by atoms with Crippen molar-refractivity contribution in [1.82, 2.24) is 4.90 Å². The molecule has 1 fully saturated rings. The van der Waals surface area contributed by atoms with Crippen molar-refractivity contribution in [2.75, 3.05) is 12.3 Å². The SMILES string of the molecule is CCN1C(=O)CCSC1c1ccc(Cl)c(Cl)c1. The summed E-state index contributed by atoms with van der Waals surface area (Å²) in [5, 5.41) is 1.15. The van der Waals surface area contributed by atoms with E-state index in [-0.39, 0.29) is 11.3 Å². The monoisotopic (exact) mass is 289 g/mol. The van der Waals surface area contributed by atoms with Crippen LogP contribution in [0.1, 0.15) is 24.3 Å². The predicted octanol–water partition coefficient (Wildman–Crippen LogP) is 3.98. The Morgan fingerprint density at radius 1 is 1.41 bits per heavy atom. The maximum Gasteiger partial charge on any atom is 0.224 e. The highest BCUT2D eigenvalue weighted by Gasteiger charge is 2.28. The number of carbonyl (C=O) groups excluding carboxylic acids is 1. The third-order valence-electron chi connectivity index (χ3n) is 2.76. The number of thioether (sulfide) groups is 1. The number of hydrogen-bond donors (Lipinski definition) is 0. The van der Waals surface area contributed by atoms with Gasteiger partial charge in [-0.3, -0.25) is 4.79 Å². The molecule has 0 bridgehead atoms. The van der Waals surface area contributed by atoms with Gasteiger partial charge in [0.05, 0.1) is 10.0 Å². The molecule has 0 N–H and O–H groups in total. The van der Waals surface area contributed by atoms with E-state index in [0.717, 1.165) is 17.9 Å². The lowest BCUT2D eigenvalue weighted by atomic mass is 10.2. The van der Waals surface area contributed by atoms with Gasteiger partial charge in [0.1, 0.15) is 5.37 Å². The van der Waals surface area contributed by atoms with E-state index in [1.54, 1.807) is 17.8 Å². The fourth-order valence-corrected chi connectivity index (χ4v) is 3.51. The van der Waals surface area contributed by atoms with Crippen molar-refractivity contribution >= 4 is 40.9 Å². The average molecular weight is 290 g/mol. The van der Waals surface area contributed by atoms with Gasteiger partial charge in [-0.05, 0) is 24.6 Å². The van der Waals surface area contributed by atoms with Crippen molar-refractivity contribution in [2.24, 2.45) is 0 Å². The zero-order valence-electron chi connectivity index (χ0n) is 9.45. The molecular formula is C12H13Cl2NOS. The summed E-state index contributed by atoms with van der Waals surface area (Å²) in [6, 6.07) is 5.57. The van der Waals surface area contributed by atoms with Crippen molar-refractivity contribution < 1.29 is 4.79 Å². The second-order valence-electron chi connectivity index (χ2n) is 3.83. The summed E-state index contributed by atoms with van der Waals surface area (Å²) in [6.45, 7) is 2.71. The molecule has 5 heteroatoms. The van der Waals surface area contributed by atoms with Gasteiger partial charge in [0, 0.05) is 18.7 Å². The van der Waals surface area contributed by atoms with Crippen LogP contribution in [-0.4, -0.2) is 23.1 Å². The van der Waals surface area contributed by atoms with E-state index < -0.39 is 0 Å². The minimum Gasteiger partial charge on any atom is -0.327 e. The first-order chi connectivity index (χ1) is 8.13. The first-order valence-corrected chi connectivity index (χ1v) is 7.30. The van der Waals surface area contributed by atoms with Gasteiger partial charge >= 0.3 is 0 Å². The lowest BCUT2D eigenvalue weighted by Crippen LogP contribution is -2.36. The Balaban J connectivity index is 2.30. The summed E-state index contributed by atoms with van der Waals surface area (Å²) >= 11 is 13.7. The number of halogens is 2. The van der Waals surface area contributed by atoms with Crippen LogP contribution < -0.4 is 0 Å². The molecule has 0 saturated carbocycles. The Kier molecular flexibility index (Phi) is 4.23. The molecule has 1 saturated heterocycles. The van der Waals surface area contributed by atoms with Gasteiger partial charge in [-0.1, -0.05) is 29.3 Å². The standard InChI is InChI=1S/C12H13Cl2NOS/c1-2-15-11(16)5-6-17-12(15)8-3-4-9(13)10(14)7-8/h3-4,7,12H,2,5-6H2,1H3. The van der Waals surface area contributed by atoms with Crippen LogP contribution in [0.4, 0.5) is 0 Å². The molecule has 1 aromatic rings.